The normalized spacial score (nSPS) is 13.3. The van der Waals surface area contributed by atoms with Crippen molar-refractivity contribution in [2.45, 2.75) is 58.5 Å². The van der Waals surface area contributed by atoms with Gasteiger partial charge >= 0.3 is 0 Å². The lowest BCUT2D eigenvalue weighted by molar-refractivity contribution is 0.571. The number of hydrogen-bond donors (Lipinski definition) is 1. The number of imidazole rings is 1. The third-order valence-corrected chi connectivity index (χ3v) is 4.78. The second-order valence-corrected chi connectivity index (χ2v) is 7.89. The monoisotopic (exact) mass is 335 g/mol. The molecule has 3 heteroatoms. The van der Waals surface area contributed by atoms with Crippen LogP contribution in [0.3, 0.4) is 0 Å². The van der Waals surface area contributed by atoms with Crippen LogP contribution in [0, 0.1) is 0 Å². The fourth-order valence-electron chi connectivity index (χ4n) is 3.28. The Morgan fingerprint density at radius 1 is 1.04 bits per heavy atom. The van der Waals surface area contributed by atoms with Gasteiger partial charge in [-0.15, -0.1) is 0 Å². The van der Waals surface area contributed by atoms with Gasteiger partial charge in [0.1, 0.15) is 5.82 Å². The van der Waals surface area contributed by atoms with Crippen molar-refractivity contribution in [3.8, 4) is 0 Å². The Balaban J connectivity index is 1.98. The lowest BCUT2D eigenvalue weighted by Gasteiger charge is -2.19. The van der Waals surface area contributed by atoms with Gasteiger partial charge in [-0.2, -0.15) is 0 Å². The van der Waals surface area contributed by atoms with Gasteiger partial charge in [0, 0.05) is 6.54 Å². The van der Waals surface area contributed by atoms with Crippen molar-refractivity contribution in [2.75, 3.05) is 0 Å². The van der Waals surface area contributed by atoms with E-state index in [4.69, 9.17) is 10.7 Å². The van der Waals surface area contributed by atoms with E-state index >= 15 is 0 Å². The number of aromatic nitrogens is 2. The zero-order chi connectivity index (χ0) is 18.0. The van der Waals surface area contributed by atoms with E-state index < -0.39 is 0 Å². The average molecular weight is 335 g/mol. The van der Waals surface area contributed by atoms with Crippen molar-refractivity contribution < 1.29 is 0 Å². The summed E-state index contributed by atoms with van der Waals surface area (Å²) >= 11 is 0. The van der Waals surface area contributed by atoms with Crippen LogP contribution in [0.4, 0.5) is 0 Å². The number of para-hydroxylation sites is 2. The van der Waals surface area contributed by atoms with Gasteiger partial charge in [-0.3, -0.25) is 0 Å². The Hall–Kier alpha value is -2.13. The van der Waals surface area contributed by atoms with Crippen molar-refractivity contribution in [1.29, 1.82) is 0 Å². The Bertz CT molecular complexity index is 838. The zero-order valence-electron chi connectivity index (χ0n) is 15.8. The predicted molar refractivity (Wildman–Crippen MR) is 106 cm³/mol. The summed E-state index contributed by atoms with van der Waals surface area (Å²) in [5, 5.41) is 0. The van der Waals surface area contributed by atoms with Crippen molar-refractivity contribution in [3.05, 3.63) is 65.5 Å². The topological polar surface area (TPSA) is 43.8 Å². The molecule has 3 aromatic rings. The SMILES string of the molecule is CCCC(N)c1nc2ccccc2n1Cc1ccc(C(C)(C)C)cc1. The summed E-state index contributed by atoms with van der Waals surface area (Å²) in [4.78, 5) is 4.82. The van der Waals surface area contributed by atoms with Crippen LogP contribution < -0.4 is 5.73 Å². The maximum absolute atomic E-state index is 6.42. The van der Waals surface area contributed by atoms with Crippen LogP contribution in [0.1, 0.15) is 63.5 Å². The molecule has 0 saturated heterocycles. The number of fused-ring (bicyclic) bond motifs is 1. The molecule has 132 valence electrons. The summed E-state index contributed by atoms with van der Waals surface area (Å²) in [6.45, 7) is 9.70. The zero-order valence-corrected chi connectivity index (χ0v) is 15.8. The second kappa shape index (κ2) is 7.01. The van der Waals surface area contributed by atoms with E-state index in [0.29, 0.717) is 0 Å². The van der Waals surface area contributed by atoms with E-state index in [2.05, 4.69) is 74.7 Å². The Morgan fingerprint density at radius 2 is 1.72 bits per heavy atom. The van der Waals surface area contributed by atoms with Crippen LogP contribution in [0.25, 0.3) is 11.0 Å². The smallest absolute Gasteiger partial charge is 0.127 e. The summed E-state index contributed by atoms with van der Waals surface area (Å²) < 4.78 is 2.28. The van der Waals surface area contributed by atoms with Crippen LogP contribution in [0.15, 0.2) is 48.5 Å². The molecule has 1 aromatic heterocycles. The van der Waals surface area contributed by atoms with E-state index in [1.54, 1.807) is 0 Å². The fraction of sp³-hybridized carbons (Fsp3) is 0.409. The molecule has 3 nitrogen and oxygen atoms in total. The Labute approximate surface area is 150 Å². The molecule has 0 aliphatic rings. The molecule has 0 spiro atoms. The van der Waals surface area contributed by atoms with E-state index in [9.17, 15) is 0 Å². The van der Waals surface area contributed by atoms with E-state index in [1.165, 1.54) is 11.1 Å². The van der Waals surface area contributed by atoms with Crippen LogP contribution in [0.2, 0.25) is 0 Å². The standard InChI is InChI=1S/C22H29N3/c1-5-8-18(23)21-24-19-9-6-7-10-20(19)25(21)15-16-11-13-17(14-12-16)22(2,3)4/h6-7,9-14,18H,5,8,15,23H2,1-4H3. The number of nitrogens with two attached hydrogens (primary N) is 1. The minimum Gasteiger partial charge on any atom is -0.322 e. The first-order chi connectivity index (χ1) is 11.9. The Kier molecular flexibility index (Phi) is 4.96. The molecule has 2 aromatic carbocycles. The van der Waals surface area contributed by atoms with E-state index in [0.717, 1.165) is 36.2 Å². The summed E-state index contributed by atoms with van der Waals surface area (Å²) in [5.74, 6) is 0.989. The van der Waals surface area contributed by atoms with Gasteiger partial charge in [0.15, 0.2) is 0 Å². The van der Waals surface area contributed by atoms with Gasteiger partial charge in [-0.1, -0.05) is 70.5 Å². The summed E-state index contributed by atoms with van der Waals surface area (Å²) in [6, 6.07) is 17.2. The highest BCUT2D eigenvalue weighted by Crippen LogP contribution is 2.25. The van der Waals surface area contributed by atoms with Crippen LogP contribution in [-0.2, 0) is 12.0 Å². The quantitative estimate of drug-likeness (QED) is 0.698. The van der Waals surface area contributed by atoms with E-state index in [-0.39, 0.29) is 11.5 Å². The van der Waals surface area contributed by atoms with Crippen LogP contribution >= 0.6 is 0 Å². The second-order valence-electron chi connectivity index (χ2n) is 7.89. The minimum absolute atomic E-state index is 0.0220. The lowest BCUT2D eigenvalue weighted by atomic mass is 9.87. The molecule has 25 heavy (non-hydrogen) atoms. The Morgan fingerprint density at radius 3 is 2.36 bits per heavy atom. The average Bonchev–Trinajstić information content (AvgIpc) is 2.94. The minimum atomic E-state index is -0.0220. The number of benzene rings is 2. The summed E-state index contributed by atoms with van der Waals surface area (Å²) in [5.41, 5.74) is 11.4. The first-order valence-electron chi connectivity index (χ1n) is 9.20. The molecule has 0 bridgehead atoms. The first-order valence-corrected chi connectivity index (χ1v) is 9.20. The molecule has 1 atom stereocenters. The number of hydrogen-bond acceptors (Lipinski definition) is 2. The molecule has 0 fully saturated rings. The van der Waals surface area contributed by atoms with Gasteiger partial charge in [0.25, 0.3) is 0 Å². The van der Waals surface area contributed by atoms with Crippen molar-refractivity contribution >= 4 is 11.0 Å². The van der Waals surface area contributed by atoms with Crippen molar-refractivity contribution in [2.24, 2.45) is 5.73 Å². The molecule has 0 aliphatic carbocycles. The lowest BCUT2D eigenvalue weighted by Crippen LogP contribution is -2.17. The summed E-state index contributed by atoms with van der Waals surface area (Å²) in [6.07, 6.45) is 2.01. The van der Waals surface area contributed by atoms with Gasteiger partial charge in [-0.25, -0.2) is 4.98 Å². The van der Waals surface area contributed by atoms with Gasteiger partial charge in [-0.05, 0) is 35.1 Å². The molecule has 0 amide bonds. The summed E-state index contributed by atoms with van der Waals surface area (Å²) in [7, 11) is 0. The third kappa shape index (κ3) is 3.77. The number of rotatable bonds is 5. The molecular weight excluding hydrogens is 306 g/mol. The van der Waals surface area contributed by atoms with Gasteiger partial charge in [0.05, 0.1) is 17.1 Å². The molecule has 0 radical (unpaired) electrons. The van der Waals surface area contributed by atoms with Crippen LogP contribution in [0.5, 0.6) is 0 Å². The predicted octanol–water partition coefficient (Wildman–Crippen LogP) is 5.18. The van der Waals surface area contributed by atoms with Crippen LogP contribution in [-0.4, -0.2) is 9.55 Å². The fourth-order valence-corrected chi connectivity index (χ4v) is 3.28. The van der Waals surface area contributed by atoms with Gasteiger partial charge < -0.3 is 10.3 Å². The largest absolute Gasteiger partial charge is 0.322 e. The highest BCUT2D eigenvalue weighted by atomic mass is 15.1. The molecule has 0 aliphatic heterocycles. The molecule has 1 unspecified atom stereocenters. The third-order valence-electron chi connectivity index (χ3n) is 4.78. The van der Waals surface area contributed by atoms with Crippen molar-refractivity contribution in [1.82, 2.24) is 9.55 Å². The van der Waals surface area contributed by atoms with E-state index in [1.807, 2.05) is 6.07 Å². The van der Waals surface area contributed by atoms with Crippen molar-refractivity contribution in [3.63, 3.8) is 0 Å². The molecular formula is C22H29N3. The maximum Gasteiger partial charge on any atom is 0.127 e. The first kappa shape index (κ1) is 17.7. The highest BCUT2D eigenvalue weighted by Gasteiger charge is 2.17. The highest BCUT2D eigenvalue weighted by molar-refractivity contribution is 5.76. The molecule has 2 N–H and O–H groups in total. The molecule has 3 rings (SSSR count). The van der Waals surface area contributed by atoms with Gasteiger partial charge in [0.2, 0.25) is 0 Å². The molecule has 1 heterocycles. The molecule has 0 saturated carbocycles. The number of nitrogens with zero attached hydrogens (tertiary/aromatic N) is 2. The maximum atomic E-state index is 6.42.